The Morgan fingerprint density at radius 2 is 1.95 bits per heavy atom. The number of rotatable bonds is 4. The second-order valence-electron chi connectivity index (χ2n) is 5.87. The molecule has 1 fully saturated rings. The van der Waals surface area contributed by atoms with Crippen molar-refractivity contribution in [3.63, 3.8) is 0 Å². The summed E-state index contributed by atoms with van der Waals surface area (Å²) < 4.78 is 27.3. The Kier molecular flexibility index (Phi) is 5.03. The van der Waals surface area contributed by atoms with Gasteiger partial charge in [0.15, 0.2) is 0 Å². The van der Waals surface area contributed by atoms with Gasteiger partial charge in [-0.25, -0.2) is 8.42 Å². The molecule has 1 aromatic rings. The maximum atomic E-state index is 12.9. The third kappa shape index (κ3) is 3.29. The molecule has 1 aliphatic heterocycles. The van der Waals surface area contributed by atoms with Gasteiger partial charge in [0.1, 0.15) is 0 Å². The molecular weight excluding hydrogens is 288 g/mol. The van der Waals surface area contributed by atoms with Crippen LogP contribution in [-0.4, -0.2) is 62.1 Å². The molecule has 0 spiro atoms. The molecule has 0 amide bonds. The molecule has 0 radical (unpaired) electrons. The number of hydrogen-bond acceptors (Lipinski definition) is 4. The zero-order valence-electron chi connectivity index (χ0n) is 12.9. The zero-order chi connectivity index (χ0) is 15.6. The summed E-state index contributed by atoms with van der Waals surface area (Å²) in [6.45, 7) is 5.38. The van der Waals surface area contributed by atoms with Gasteiger partial charge in [0.2, 0.25) is 10.0 Å². The van der Waals surface area contributed by atoms with Gasteiger partial charge in [-0.1, -0.05) is 32.0 Å². The number of sulfonamides is 1. The van der Waals surface area contributed by atoms with Gasteiger partial charge in [0.05, 0.1) is 11.5 Å². The SMILES string of the molecule is CC(C)c1ccccc1S(=O)(=O)N1CCN(C)C(CO)C1. The highest BCUT2D eigenvalue weighted by atomic mass is 32.2. The monoisotopic (exact) mass is 312 g/mol. The number of nitrogens with zero attached hydrogens (tertiary/aromatic N) is 2. The van der Waals surface area contributed by atoms with Crippen LogP contribution in [0.2, 0.25) is 0 Å². The number of hydrogen-bond donors (Lipinski definition) is 1. The number of aliphatic hydroxyl groups excluding tert-OH is 1. The molecule has 21 heavy (non-hydrogen) atoms. The van der Waals surface area contributed by atoms with Gasteiger partial charge in [-0.15, -0.1) is 0 Å². The molecule has 1 unspecified atom stereocenters. The van der Waals surface area contributed by atoms with Crippen LogP contribution in [0.5, 0.6) is 0 Å². The van der Waals surface area contributed by atoms with E-state index in [2.05, 4.69) is 0 Å². The van der Waals surface area contributed by atoms with E-state index in [0.717, 1.165) is 5.56 Å². The first-order valence-corrected chi connectivity index (χ1v) is 8.72. The van der Waals surface area contributed by atoms with Crippen LogP contribution in [0.1, 0.15) is 25.3 Å². The average molecular weight is 312 g/mol. The minimum atomic E-state index is -3.51. The second kappa shape index (κ2) is 6.44. The molecule has 2 rings (SSSR count). The third-order valence-electron chi connectivity index (χ3n) is 4.11. The van der Waals surface area contributed by atoms with Gasteiger partial charge < -0.3 is 5.11 Å². The summed E-state index contributed by atoms with van der Waals surface area (Å²) in [5.41, 5.74) is 0.844. The van der Waals surface area contributed by atoms with Crippen molar-refractivity contribution in [3.05, 3.63) is 29.8 Å². The number of likely N-dealkylation sites (N-methyl/N-ethyl adjacent to an activating group) is 1. The number of piperazine rings is 1. The molecule has 0 aliphatic carbocycles. The lowest BCUT2D eigenvalue weighted by atomic mass is 10.0. The van der Waals surface area contributed by atoms with E-state index in [1.165, 1.54) is 4.31 Å². The molecule has 0 saturated carbocycles. The van der Waals surface area contributed by atoms with Crippen molar-refractivity contribution in [1.29, 1.82) is 0 Å². The molecule has 5 nitrogen and oxygen atoms in total. The van der Waals surface area contributed by atoms with E-state index in [4.69, 9.17) is 0 Å². The smallest absolute Gasteiger partial charge is 0.243 e. The first kappa shape index (κ1) is 16.4. The van der Waals surface area contributed by atoms with E-state index in [1.54, 1.807) is 12.1 Å². The topological polar surface area (TPSA) is 60.9 Å². The van der Waals surface area contributed by atoms with Crippen molar-refractivity contribution >= 4 is 10.0 Å². The molecule has 6 heteroatoms. The molecule has 1 atom stereocenters. The van der Waals surface area contributed by atoms with E-state index in [-0.39, 0.29) is 18.6 Å². The maximum Gasteiger partial charge on any atom is 0.243 e. The Labute approximate surface area is 127 Å². The molecule has 0 aromatic heterocycles. The molecule has 1 saturated heterocycles. The Balaban J connectivity index is 2.35. The molecular formula is C15H24N2O3S. The fourth-order valence-corrected chi connectivity index (χ4v) is 4.49. The highest BCUT2D eigenvalue weighted by molar-refractivity contribution is 7.89. The summed E-state index contributed by atoms with van der Waals surface area (Å²) in [4.78, 5) is 2.39. The average Bonchev–Trinajstić information content (AvgIpc) is 2.47. The van der Waals surface area contributed by atoms with Crippen molar-refractivity contribution in [2.24, 2.45) is 0 Å². The van der Waals surface area contributed by atoms with Gasteiger partial charge in [0.25, 0.3) is 0 Å². The predicted molar refractivity (Wildman–Crippen MR) is 82.8 cm³/mol. The molecule has 0 bridgehead atoms. The van der Waals surface area contributed by atoms with Crippen LogP contribution in [0.4, 0.5) is 0 Å². The van der Waals surface area contributed by atoms with E-state index >= 15 is 0 Å². The first-order valence-electron chi connectivity index (χ1n) is 7.28. The first-order chi connectivity index (χ1) is 9.87. The normalized spacial score (nSPS) is 21.9. The standard InChI is InChI=1S/C15H24N2O3S/c1-12(2)14-6-4-5-7-15(14)21(19,20)17-9-8-16(3)13(10-17)11-18/h4-7,12-13,18H,8-11H2,1-3H3. The summed E-state index contributed by atoms with van der Waals surface area (Å²) in [6.07, 6.45) is 0. The minimum Gasteiger partial charge on any atom is -0.395 e. The lowest BCUT2D eigenvalue weighted by molar-refractivity contribution is 0.0923. The zero-order valence-corrected chi connectivity index (χ0v) is 13.7. The number of benzene rings is 1. The predicted octanol–water partition coefficient (Wildman–Crippen LogP) is 1.11. The summed E-state index contributed by atoms with van der Waals surface area (Å²) in [7, 11) is -1.60. The van der Waals surface area contributed by atoms with Gasteiger partial charge in [-0.3, -0.25) is 4.90 Å². The minimum absolute atomic E-state index is 0.0334. The van der Waals surface area contributed by atoms with E-state index < -0.39 is 10.0 Å². The van der Waals surface area contributed by atoms with Crippen LogP contribution in [0.3, 0.4) is 0 Å². The summed E-state index contributed by atoms with van der Waals surface area (Å²) in [5.74, 6) is 0.150. The Morgan fingerprint density at radius 3 is 2.57 bits per heavy atom. The quantitative estimate of drug-likeness (QED) is 0.905. The van der Waals surface area contributed by atoms with Crippen molar-refractivity contribution < 1.29 is 13.5 Å². The fraction of sp³-hybridized carbons (Fsp3) is 0.600. The fourth-order valence-electron chi connectivity index (χ4n) is 2.66. The lowest BCUT2D eigenvalue weighted by Crippen LogP contribution is -2.54. The molecule has 1 aliphatic rings. The van der Waals surface area contributed by atoms with Crippen LogP contribution in [0, 0.1) is 0 Å². The van der Waals surface area contributed by atoms with E-state index in [1.807, 2.05) is 37.9 Å². The van der Waals surface area contributed by atoms with Crippen LogP contribution < -0.4 is 0 Å². The summed E-state index contributed by atoms with van der Waals surface area (Å²) in [5, 5.41) is 9.40. The highest BCUT2D eigenvalue weighted by Crippen LogP contribution is 2.27. The van der Waals surface area contributed by atoms with Gasteiger partial charge in [0, 0.05) is 25.7 Å². The summed E-state index contributed by atoms with van der Waals surface area (Å²) >= 11 is 0. The lowest BCUT2D eigenvalue weighted by Gasteiger charge is -2.38. The van der Waals surface area contributed by atoms with Crippen molar-refractivity contribution in [3.8, 4) is 0 Å². The second-order valence-corrected chi connectivity index (χ2v) is 7.78. The number of aliphatic hydroxyl groups is 1. The Morgan fingerprint density at radius 1 is 1.29 bits per heavy atom. The van der Waals surface area contributed by atoms with Crippen LogP contribution in [0.15, 0.2) is 29.2 Å². The van der Waals surface area contributed by atoms with Crippen molar-refractivity contribution in [2.45, 2.75) is 30.7 Å². The Hall–Kier alpha value is -0.950. The Bertz CT molecular complexity index is 586. The van der Waals surface area contributed by atoms with Gasteiger partial charge in [-0.05, 0) is 24.6 Å². The van der Waals surface area contributed by atoms with Gasteiger partial charge >= 0.3 is 0 Å². The highest BCUT2D eigenvalue weighted by Gasteiger charge is 2.33. The molecule has 1 heterocycles. The molecule has 1 aromatic carbocycles. The molecule has 1 N–H and O–H groups in total. The third-order valence-corrected chi connectivity index (χ3v) is 6.05. The van der Waals surface area contributed by atoms with Crippen LogP contribution >= 0.6 is 0 Å². The van der Waals surface area contributed by atoms with Crippen LogP contribution in [-0.2, 0) is 10.0 Å². The van der Waals surface area contributed by atoms with Crippen molar-refractivity contribution in [2.75, 3.05) is 33.3 Å². The van der Waals surface area contributed by atoms with E-state index in [0.29, 0.717) is 24.5 Å². The van der Waals surface area contributed by atoms with E-state index in [9.17, 15) is 13.5 Å². The van der Waals surface area contributed by atoms with Crippen molar-refractivity contribution in [1.82, 2.24) is 9.21 Å². The summed E-state index contributed by atoms with van der Waals surface area (Å²) in [6, 6.07) is 7.04. The largest absolute Gasteiger partial charge is 0.395 e. The van der Waals surface area contributed by atoms with Gasteiger partial charge in [-0.2, -0.15) is 4.31 Å². The maximum absolute atomic E-state index is 12.9. The molecule has 118 valence electrons. The van der Waals surface area contributed by atoms with Crippen LogP contribution in [0.25, 0.3) is 0 Å².